The number of aromatic amines is 1. The van der Waals surface area contributed by atoms with Crippen LogP contribution < -0.4 is 10.9 Å². The van der Waals surface area contributed by atoms with Gasteiger partial charge in [-0.2, -0.15) is 0 Å². The van der Waals surface area contributed by atoms with Gasteiger partial charge in [-0.1, -0.05) is 30.3 Å². The van der Waals surface area contributed by atoms with Gasteiger partial charge in [0.25, 0.3) is 11.5 Å². The molecule has 2 aromatic carbocycles. The van der Waals surface area contributed by atoms with E-state index in [9.17, 15) is 9.59 Å². The van der Waals surface area contributed by atoms with Crippen LogP contribution in [0.3, 0.4) is 0 Å². The molecule has 1 aliphatic heterocycles. The summed E-state index contributed by atoms with van der Waals surface area (Å²) in [6, 6.07) is 15.9. The van der Waals surface area contributed by atoms with Crippen LogP contribution in [0.1, 0.15) is 41.7 Å². The summed E-state index contributed by atoms with van der Waals surface area (Å²) in [6.45, 7) is 4.99. The Hall–Kier alpha value is -2.81. The first-order chi connectivity index (χ1) is 16.0. The fourth-order valence-corrected chi connectivity index (χ4v) is 4.72. The Bertz CT molecular complexity index is 1240. The van der Waals surface area contributed by atoms with E-state index in [-0.39, 0.29) is 17.5 Å². The maximum Gasteiger partial charge on any atom is 0.262 e. The first kappa shape index (κ1) is 23.4. The molecular formula is C25H30N4O3S. The summed E-state index contributed by atoms with van der Waals surface area (Å²) in [5.41, 5.74) is 2.21. The number of nitrogens with zero attached hydrogens (tertiary/aromatic N) is 2. The number of aromatic nitrogens is 2. The predicted octanol–water partition coefficient (Wildman–Crippen LogP) is 3.66. The second-order valence-electron chi connectivity index (χ2n) is 8.53. The molecular weight excluding hydrogens is 436 g/mol. The molecule has 3 aromatic rings. The van der Waals surface area contributed by atoms with Crippen LogP contribution in [0.5, 0.6) is 0 Å². The van der Waals surface area contributed by atoms with Crippen LogP contribution >= 0.6 is 12.2 Å². The minimum Gasteiger partial charge on any atom is -0.385 e. The van der Waals surface area contributed by atoms with E-state index in [1.54, 1.807) is 25.3 Å². The van der Waals surface area contributed by atoms with Crippen LogP contribution in [0.15, 0.2) is 53.3 Å². The van der Waals surface area contributed by atoms with Crippen LogP contribution in [-0.4, -0.2) is 53.2 Å². The van der Waals surface area contributed by atoms with Crippen molar-refractivity contribution in [3.63, 3.8) is 0 Å². The van der Waals surface area contributed by atoms with E-state index in [2.05, 4.69) is 46.4 Å². The summed E-state index contributed by atoms with van der Waals surface area (Å²) in [4.78, 5) is 31.3. The Morgan fingerprint density at radius 1 is 1.27 bits per heavy atom. The minimum absolute atomic E-state index is 0.0895. The Kier molecular flexibility index (Phi) is 7.37. The molecule has 0 spiro atoms. The number of carbonyl (C=O) groups is 1. The molecule has 2 atom stereocenters. The fourth-order valence-electron chi connectivity index (χ4n) is 4.43. The number of hydrogen-bond donors (Lipinski definition) is 2. The Morgan fingerprint density at radius 2 is 2.06 bits per heavy atom. The standard InChI is InChI=1S/C25H30N4O3S/c1-17(18-7-4-3-5-8-18)28-13-11-20(16-28)26-23(30)19-9-10-21-22(15-19)27-25(33)29(24(21)31)12-6-14-32-2/h3-5,7-10,15,17,20H,6,11-14,16H2,1-2H3,(H,26,30)(H,27,33). The van der Waals surface area contributed by atoms with Crippen molar-refractivity contribution in [2.24, 2.45) is 0 Å². The molecule has 0 saturated carbocycles. The molecule has 4 rings (SSSR count). The monoisotopic (exact) mass is 466 g/mol. The van der Waals surface area contributed by atoms with E-state index in [4.69, 9.17) is 17.0 Å². The van der Waals surface area contributed by atoms with E-state index in [1.807, 2.05) is 6.07 Å². The molecule has 0 aliphatic carbocycles. The molecule has 1 amide bonds. The summed E-state index contributed by atoms with van der Waals surface area (Å²) >= 11 is 5.38. The average Bonchev–Trinajstić information content (AvgIpc) is 3.29. The number of fused-ring (bicyclic) bond motifs is 1. The second-order valence-corrected chi connectivity index (χ2v) is 8.92. The molecule has 2 heterocycles. The third kappa shape index (κ3) is 5.24. The normalized spacial score (nSPS) is 17.3. The number of amides is 1. The zero-order valence-corrected chi connectivity index (χ0v) is 19.9. The molecule has 1 aliphatic rings. The highest BCUT2D eigenvalue weighted by atomic mass is 32.1. The van der Waals surface area contributed by atoms with Crippen LogP contribution in [-0.2, 0) is 11.3 Å². The van der Waals surface area contributed by atoms with E-state index in [0.717, 1.165) is 19.5 Å². The Labute approximate surface area is 198 Å². The number of carbonyl (C=O) groups excluding carboxylic acids is 1. The molecule has 2 N–H and O–H groups in total. The van der Waals surface area contributed by atoms with Crippen molar-refractivity contribution in [2.75, 3.05) is 26.8 Å². The summed E-state index contributed by atoms with van der Waals surface area (Å²) in [6.07, 6.45) is 1.60. The third-order valence-corrected chi connectivity index (χ3v) is 6.68. The Balaban J connectivity index is 1.45. The van der Waals surface area contributed by atoms with Gasteiger partial charge in [0.1, 0.15) is 0 Å². The number of benzene rings is 2. The van der Waals surface area contributed by atoms with Crippen LogP contribution in [0.2, 0.25) is 0 Å². The molecule has 0 bridgehead atoms. The number of likely N-dealkylation sites (tertiary alicyclic amines) is 1. The Morgan fingerprint density at radius 3 is 2.82 bits per heavy atom. The van der Waals surface area contributed by atoms with Gasteiger partial charge in [-0.3, -0.25) is 19.1 Å². The number of nitrogens with one attached hydrogen (secondary N) is 2. The maximum atomic E-state index is 12.9. The number of methoxy groups -OCH3 is 1. The summed E-state index contributed by atoms with van der Waals surface area (Å²) in [5, 5.41) is 3.67. The van der Waals surface area contributed by atoms with Gasteiger partial charge in [-0.15, -0.1) is 0 Å². The van der Waals surface area contributed by atoms with E-state index < -0.39 is 0 Å². The molecule has 2 unspecified atom stereocenters. The summed E-state index contributed by atoms with van der Waals surface area (Å²) in [7, 11) is 1.63. The molecule has 0 radical (unpaired) electrons. The number of ether oxygens (including phenoxy) is 1. The summed E-state index contributed by atoms with van der Waals surface area (Å²) in [5.74, 6) is -0.139. The zero-order chi connectivity index (χ0) is 23.4. The van der Waals surface area contributed by atoms with Gasteiger partial charge in [0.05, 0.1) is 10.9 Å². The van der Waals surface area contributed by atoms with Gasteiger partial charge in [-0.05, 0) is 55.7 Å². The van der Waals surface area contributed by atoms with Gasteiger partial charge >= 0.3 is 0 Å². The van der Waals surface area contributed by atoms with Crippen LogP contribution in [0.4, 0.5) is 0 Å². The highest BCUT2D eigenvalue weighted by Gasteiger charge is 2.28. The topological polar surface area (TPSA) is 79.4 Å². The van der Waals surface area contributed by atoms with Crippen molar-refractivity contribution < 1.29 is 9.53 Å². The molecule has 7 nitrogen and oxygen atoms in total. The smallest absolute Gasteiger partial charge is 0.262 e. The molecule has 33 heavy (non-hydrogen) atoms. The predicted molar refractivity (Wildman–Crippen MR) is 132 cm³/mol. The molecule has 1 saturated heterocycles. The van der Waals surface area contributed by atoms with Gasteiger partial charge in [0.15, 0.2) is 4.77 Å². The van der Waals surface area contributed by atoms with Gasteiger partial charge in [0, 0.05) is 51.0 Å². The third-order valence-electron chi connectivity index (χ3n) is 6.36. The van der Waals surface area contributed by atoms with Crippen molar-refractivity contribution in [1.82, 2.24) is 19.8 Å². The average molecular weight is 467 g/mol. The largest absolute Gasteiger partial charge is 0.385 e. The number of rotatable bonds is 8. The molecule has 1 aromatic heterocycles. The van der Waals surface area contributed by atoms with E-state index in [1.165, 1.54) is 10.1 Å². The minimum atomic E-state index is -0.154. The fraction of sp³-hybridized carbons (Fsp3) is 0.400. The number of H-pyrrole nitrogens is 1. The lowest BCUT2D eigenvalue weighted by Crippen LogP contribution is -2.37. The van der Waals surface area contributed by atoms with Gasteiger partial charge in [-0.25, -0.2) is 0 Å². The maximum absolute atomic E-state index is 12.9. The molecule has 8 heteroatoms. The lowest BCUT2D eigenvalue weighted by Gasteiger charge is -2.24. The first-order valence-electron chi connectivity index (χ1n) is 11.3. The van der Waals surface area contributed by atoms with Gasteiger partial charge < -0.3 is 15.0 Å². The van der Waals surface area contributed by atoms with Crippen molar-refractivity contribution in [3.05, 3.63) is 74.8 Å². The lowest BCUT2D eigenvalue weighted by atomic mass is 10.1. The van der Waals surface area contributed by atoms with Crippen molar-refractivity contribution >= 4 is 29.0 Å². The molecule has 174 valence electrons. The second kappa shape index (κ2) is 10.4. The van der Waals surface area contributed by atoms with Crippen molar-refractivity contribution in [2.45, 2.75) is 38.4 Å². The SMILES string of the molecule is COCCCn1c(=S)[nH]c2cc(C(=O)NC3CCN(C(C)c4ccccc4)C3)ccc2c1=O. The zero-order valence-electron chi connectivity index (χ0n) is 19.0. The van der Waals surface area contributed by atoms with Crippen LogP contribution in [0.25, 0.3) is 10.9 Å². The van der Waals surface area contributed by atoms with Gasteiger partial charge in [0.2, 0.25) is 0 Å². The van der Waals surface area contributed by atoms with Crippen molar-refractivity contribution in [3.8, 4) is 0 Å². The highest BCUT2D eigenvalue weighted by molar-refractivity contribution is 7.71. The van der Waals surface area contributed by atoms with E-state index >= 15 is 0 Å². The van der Waals surface area contributed by atoms with Crippen molar-refractivity contribution in [1.29, 1.82) is 0 Å². The highest BCUT2D eigenvalue weighted by Crippen LogP contribution is 2.24. The van der Waals surface area contributed by atoms with E-state index in [0.29, 0.717) is 46.9 Å². The molecule has 1 fully saturated rings. The van der Waals surface area contributed by atoms with Crippen LogP contribution in [0, 0.1) is 4.77 Å². The lowest BCUT2D eigenvalue weighted by molar-refractivity contribution is 0.0936. The quantitative estimate of drug-likeness (QED) is 0.391. The number of hydrogen-bond acceptors (Lipinski definition) is 5. The summed E-state index contributed by atoms with van der Waals surface area (Å²) < 4.78 is 6.95. The first-order valence-corrected chi connectivity index (χ1v) is 11.7.